The molecule has 0 saturated heterocycles. The minimum Gasteiger partial charge on any atom is -0.507 e. The molecule has 3 rings (SSSR count). The molecule has 0 spiro atoms. The Morgan fingerprint density at radius 3 is 2.60 bits per heavy atom. The first kappa shape index (κ1) is 21.9. The standard InChI is InChI=1S/C22H24F3NO4/c1-5-30-20(29)16-11(2)26-14-8-9-21(3,4)19(28)18(14)17(16)12-6-7-15(27)13(10-12)22(23,24)25/h6-7,10,17,26-27H,5,8-9H2,1-4H3. The molecule has 1 heterocycles. The zero-order valence-electron chi connectivity index (χ0n) is 17.2. The number of Topliss-reactive ketones (excluding diaryl/α,β-unsaturated/α-hetero) is 1. The van der Waals surface area contributed by atoms with Crippen LogP contribution in [0, 0.1) is 5.41 Å². The van der Waals surface area contributed by atoms with E-state index in [0.717, 1.165) is 12.1 Å². The molecule has 8 heteroatoms. The van der Waals surface area contributed by atoms with Gasteiger partial charge in [-0.15, -0.1) is 0 Å². The van der Waals surface area contributed by atoms with Crippen molar-refractivity contribution in [2.75, 3.05) is 6.61 Å². The molecule has 5 nitrogen and oxygen atoms in total. The van der Waals surface area contributed by atoms with Crippen molar-refractivity contribution in [2.45, 2.75) is 52.6 Å². The second-order valence-electron chi connectivity index (χ2n) is 8.20. The number of hydrogen-bond donors (Lipinski definition) is 2. The lowest BCUT2D eigenvalue weighted by molar-refractivity contribution is -0.139. The number of hydrogen-bond acceptors (Lipinski definition) is 5. The molecule has 0 aromatic heterocycles. The number of nitrogens with one attached hydrogen (secondary N) is 1. The van der Waals surface area contributed by atoms with E-state index >= 15 is 0 Å². The summed E-state index contributed by atoms with van der Waals surface area (Å²) in [4.78, 5) is 26.1. The van der Waals surface area contributed by atoms with Gasteiger partial charge in [0.2, 0.25) is 0 Å². The van der Waals surface area contributed by atoms with Crippen molar-refractivity contribution in [3.05, 3.63) is 51.9 Å². The molecule has 1 aliphatic carbocycles. The van der Waals surface area contributed by atoms with Gasteiger partial charge in [0.05, 0.1) is 17.7 Å². The monoisotopic (exact) mass is 423 g/mol. The minimum absolute atomic E-state index is 0.0804. The molecule has 0 saturated carbocycles. The highest BCUT2D eigenvalue weighted by atomic mass is 19.4. The number of benzene rings is 1. The molecule has 30 heavy (non-hydrogen) atoms. The van der Waals surface area contributed by atoms with Crippen molar-refractivity contribution in [1.82, 2.24) is 5.32 Å². The first-order valence-corrected chi connectivity index (χ1v) is 9.71. The van der Waals surface area contributed by atoms with Gasteiger partial charge in [-0.2, -0.15) is 13.2 Å². The summed E-state index contributed by atoms with van der Waals surface area (Å²) >= 11 is 0. The number of carbonyl (C=O) groups is 2. The lowest BCUT2D eigenvalue weighted by atomic mass is 9.67. The van der Waals surface area contributed by atoms with Gasteiger partial charge in [0.15, 0.2) is 5.78 Å². The SMILES string of the molecule is CCOC(=O)C1=C(C)NC2=C(C(=O)C(C)(C)CC2)C1c1ccc(O)c(C(F)(F)F)c1. The molecule has 2 aliphatic rings. The van der Waals surface area contributed by atoms with Gasteiger partial charge in [-0.25, -0.2) is 4.79 Å². The number of dihydropyridines is 1. The Morgan fingerprint density at radius 1 is 1.33 bits per heavy atom. The average Bonchev–Trinajstić information content (AvgIpc) is 2.64. The summed E-state index contributed by atoms with van der Waals surface area (Å²) in [6, 6.07) is 3.06. The van der Waals surface area contributed by atoms with E-state index in [0.29, 0.717) is 24.2 Å². The van der Waals surface area contributed by atoms with Crippen molar-refractivity contribution in [1.29, 1.82) is 0 Å². The first-order valence-electron chi connectivity index (χ1n) is 9.71. The van der Waals surface area contributed by atoms with E-state index in [1.54, 1.807) is 27.7 Å². The summed E-state index contributed by atoms with van der Waals surface area (Å²) in [5, 5.41) is 12.8. The van der Waals surface area contributed by atoms with Gasteiger partial charge in [-0.3, -0.25) is 4.79 Å². The molecule has 1 unspecified atom stereocenters. The summed E-state index contributed by atoms with van der Waals surface area (Å²) in [5.41, 5.74) is -0.415. The molecule has 162 valence electrons. The van der Waals surface area contributed by atoms with Crippen molar-refractivity contribution in [3.8, 4) is 5.75 Å². The van der Waals surface area contributed by atoms with E-state index in [1.165, 1.54) is 6.07 Å². The number of halogens is 3. The lowest BCUT2D eigenvalue weighted by Crippen LogP contribution is -2.40. The summed E-state index contributed by atoms with van der Waals surface area (Å²) < 4.78 is 45.4. The van der Waals surface area contributed by atoms with E-state index in [2.05, 4.69) is 5.32 Å². The number of alkyl halides is 3. The van der Waals surface area contributed by atoms with Gasteiger partial charge in [-0.05, 0) is 44.4 Å². The van der Waals surface area contributed by atoms with Gasteiger partial charge in [0, 0.05) is 28.3 Å². The molecule has 0 radical (unpaired) electrons. The Hall–Kier alpha value is -2.77. The lowest BCUT2D eigenvalue weighted by Gasteiger charge is -2.39. The van der Waals surface area contributed by atoms with Crippen LogP contribution in [0.25, 0.3) is 0 Å². The van der Waals surface area contributed by atoms with Crippen molar-refractivity contribution in [3.63, 3.8) is 0 Å². The Kier molecular flexibility index (Phi) is 5.47. The van der Waals surface area contributed by atoms with E-state index < -0.39 is 34.8 Å². The number of carbonyl (C=O) groups excluding carboxylic acids is 2. The van der Waals surface area contributed by atoms with Crippen LogP contribution in [0.3, 0.4) is 0 Å². The highest BCUT2D eigenvalue weighted by Gasteiger charge is 2.45. The summed E-state index contributed by atoms with van der Waals surface area (Å²) in [6.45, 7) is 6.91. The van der Waals surface area contributed by atoms with Crippen LogP contribution in [-0.4, -0.2) is 23.5 Å². The normalized spacial score (nSPS) is 21.3. The number of phenols is 1. The largest absolute Gasteiger partial charge is 0.507 e. The van der Waals surface area contributed by atoms with Crippen LogP contribution >= 0.6 is 0 Å². The minimum atomic E-state index is -4.79. The van der Waals surface area contributed by atoms with Crippen LogP contribution in [0.5, 0.6) is 5.75 Å². The predicted octanol–water partition coefficient (Wildman–Crippen LogP) is 4.58. The fourth-order valence-corrected chi connectivity index (χ4v) is 4.05. The number of rotatable bonds is 3. The third-order valence-electron chi connectivity index (χ3n) is 5.66. The van der Waals surface area contributed by atoms with Gasteiger partial charge < -0.3 is 15.2 Å². The second-order valence-corrected chi connectivity index (χ2v) is 8.20. The smallest absolute Gasteiger partial charge is 0.419 e. The fraction of sp³-hybridized carbons (Fsp3) is 0.455. The number of ether oxygens (including phenoxy) is 1. The molecule has 2 N–H and O–H groups in total. The van der Waals surface area contributed by atoms with Crippen LogP contribution in [0.15, 0.2) is 40.7 Å². The molecule has 1 aliphatic heterocycles. The molecule has 0 fully saturated rings. The molecular formula is C22H24F3NO4. The van der Waals surface area contributed by atoms with Gasteiger partial charge in [0.25, 0.3) is 0 Å². The van der Waals surface area contributed by atoms with Crippen LogP contribution in [0.4, 0.5) is 13.2 Å². The number of phenolic OH excluding ortho intramolecular Hbond substituents is 1. The number of aromatic hydroxyl groups is 1. The topological polar surface area (TPSA) is 75.6 Å². The maximum absolute atomic E-state index is 13.4. The van der Waals surface area contributed by atoms with Gasteiger partial charge in [-0.1, -0.05) is 19.9 Å². The van der Waals surface area contributed by atoms with Gasteiger partial charge in [0.1, 0.15) is 5.75 Å². The highest BCUT2D eigenvalue weighted by molar-refractivity contribution is 6.06. The zero-order chi connectivity index (χ0) is 22.4. The fourth-order valence-electron chi connectivity index (χ4n) is 4.05. The second kappa shape index (κ2) is 7.49. The summed E-state index contributed by atoms with van der Waals surface area (Å²) in [6.07, 6.45) is -3.68. The van der Waals surface area contributed by atoms with Crippen LogP contribution in [0.1, 0.15) is 57.6 Å². The predicted molar refractivity (Wildman–Crippen MR) is 103 cm³/mol. The van der Waals surface area contributed by atoms with Crippen LogP contribution < -0.4 is 5.32 Å². The van der Waals surface area contributed by atoms with Gasteiger partial charge >= 0.3 is 12.1 Å². The highest BCUT2D eigenvalue weighted by Crippen LogP contribution is 2.48. The van der Waals surface area contributed by atoms with Crippen molar-refractivity contribution < 1.29 is 32.6 Å². The van der Waals surface area contributed by atoms with E-state index in [1.807, 2.05) is 0 Å². The summed E-state index contributed by atoms with van der Waals surface area (Å²) in [5.74, 6) is -2.86. The zero-order valence-corrected chi connectivity index (χ0v) is 17.2. The molecule has 1 aromatic carbocycles. The number of allylic oxidation sites excluding steroid dienone is 3. The maximum Gasteiger partial charge on any atom is 0.419 e. The Bertz CT molecular complexity index is 973. The van der Waals surface area contributed by atoms with Crippen LogP contribution in [0.2, 0.25) is 0 Å². The maximum atomic E-state index is 13.4. The van der Waals surface area contributed by atoms with Crippen LogP contribution in [-0.2, 0) is 20.5 Å². The number of esters is 1. The molecule has 0 bridgehead atoms. The molecule has 1 atom stereocenters. The Balaban J connectivity index is 2.26. The Labute approximate surface area is 172 Å². The summed E-state index contributed by atoms with van der Waals surface area (Å²) in [7, 11) is 0. The molecular weight excluding hydrogens is 399 g/mol. The average molecular weight is 423 g/mol. The van der Waals surface area contributed by atoms with Crippen molar-refractivity contribution >= 4 is 11.8 Å². The number of ketones is 1. The van der Waals surface area contributed by atoms with E-state index in [9.17, 15) is 27.9 Å². The quantitative estimate of drug-likeness (QED) is 0.697. The third-order valence-corrected chi connectivity index (χ3v) is 5.66. The molecule has 1 aromatic rings. The molecule has 0 amide bonds. The van der Waals surface area contributed by atoms with E-state index in [4.69, 9.17) is 4.74 Å². The first-order chi connectivity index (χ1) is 13.9. The Morgan fingerprint density at radius 2 is 2.00 bits per heavy atom. The van der Waals surface area contributed by atoms with Crippen molar-refractivity contribution in [2.24, 2.45) is 5.41 Å². The van der Waals surface area contributed by atoms with E-state index in [-0.39, 0.29) is 29.1 Å². The third kappa shape index (κ3) is 3.70.